The molecule has 0 aromatic heterocycles. The van der Waals surface area contributed by atoms with Crippen LogP contribution in [0.25, 0.3) is 0 Å². The lowest BCUT2D eigenvalue weighted by molar-refractivity contribution is 0.237. The van der Waals surface area contributed by atoms with Crippen LogP contribution in [0, 0.1) is 13.8 Å². The molecule has 2 amide bonds. The molecular weight excluding hydrogens is 264 g/mol. The van der Waals surface area contributed by atoms with Crippen LogP contribution in [0.15, 0.2) is 12.1 Å². The number of urea groups is 1. The summed E-state index contributed by atoms with van der Waals surface area (Å²) in [4.78, 5) is 11.8. The standard InChI is InChI=1S/C17H26N2O2/c1-12-11-16(21-3)13(2)10-14(12)8-9-18-17(20)19-15-6-4-5-7-15/h10-11,15H,4-9H2,1-3H3,(H2,18,19,20). The molecule has 1 aliphatic rings. The van der Waals surface area contributed by atoms with Crippen molar-refractivity contribution in [3.63, 3.8) is 0 Å². The maximum Gasteiger partial charge on any atom is 0.315 e. The lowest BCUT2D eigenvalue weighted by Crippen LogP contribution is -2.41. The Labute approximate surface area is 127 Å². The Morgan fingerprint density at radius 1 is 1.24 bits per heavy atom. The van der Waals surface area contributed by atoms with Crippen LogP contribution in [0.2, 0.25) is 0 Å². The predicted octanol–water partition coefficient (Wildman–Crippen LogP) is 3.10. The molecule has 4 nitrogen and oxygen atoms in total. The minimum Gasteiger partial charge on any atom is -0.496 e. The van der Waals surface area contributed by atoms with E-state index in [1.807, 2.05) is 6.92 Å². The van der Waals surface area contributed by atoms with E-state index in [1.165, 1.54) is 24.0 Å². The van der Waals surface area contributed by atoms with Gasteiger partial charge in [0.2, 0.25) is 0 Å². The van der Waals surface area contributed by atoms with E-state index in [9.17, 15) is 4.79 Å². The Morgan fingerprint density at radius 3 is 2.62 bits per heavy atom. The highest BCUT2D eigenvalue weighted by atomic mass is 16.5. The number of carbonyl (C=O) groups is 1. The van der Waals surface area contributed by atoms with Gasteiger partial charge in [0.05, 0.1) is 7.11 Å². The molecule has 1 fully saturated rings. The van der Waals surface area contributed by atoms with Crippen LogP contribution >= 0.6 is 0 Å². The van der Waals surface area contributed by atoms with Crippen LogP contribution < -0.4 is 15.4 Å². The molecule has 1 aliphatic carbocycles. The second-order valence-electron chi connectivity index (χ2n) is 5.88. The molecule has 0 saturated heterocycles. The van der Waals surface area contributed by atoms with E-state index < -0.39 is 0 Å². The summed E-state index contributed by atoms with van der Waals surface area (Å²) in [5.74, 6) is 0.920. The summed E-state index contributed by atoms with van der Waals surface area (Å²) in [5, 5.41) is 5.99. The number of carbonyl (C=O) groups excluding carboxylic acids is 1. The highest BCUT2D eigenvalue weighted by Gasteiger charge is 2.16. The molecular formula is C17H26N2O2. The highest BCUT2D eigenvalue weighted by molar-refractivity contribution is 5.74. The third-order valence-corrected chi connectivity index (χ3v) is 4.22. The molecule has 1 saturated carbocycles. The van der Waals surface area contributed by atoms with Gasteiger partial charge in [0, 0.05) is 12.6 Å². The van der Waals surface area contributed by atoms with Gasteiger partial charge < -0.3 is 15.4 Å². The zero-order chi connectivity index (χ0) is 15.2. The van der Waals surface area contributed by atoms with Crippen molar-refractivity contribution in [2.24, 2.45) is 0 Å². The van der Waals surface area contributed by atoms with Crippen LogP contribution in [-0.2, 0) is 6.42 Å². The number of amides is 2. The number of nitrogens with one attached hydrogen (secondary N) is 2. The first-order valence-electron chi connectivity index (χ1n) is 7.78. The first kappa shape index (κ1) is 15.7. The van der Waals surface area contributed by atoms with Gasteiger partial charge in [0.15, 0.2) is 0 Å². The lowest BCUT2D eigenvalue weighted by atomic mass is 10.0. The summed E-state index contributed by atoms with van der Waals surface area (Å²) >= 11 is 0. The number of hydrogen-bond donors (Lipinski definition) is 2. The second-order valence-corrected chi connectivity index (χ2v) is 5.88. The van der Waals surface area contributed by atoms with Gasteiger partial charge in [-0.05, 0) is 55.9 Å². The molecule has 0 spiro atoms. The summed E-state index contributed by atoms with van der Waals surface area (Å²) < 4.78 is 5.32. The summed E-state index contributed by atoms with van der Waals surface area (Å²) in [6.45, 7) is 4.78. The van der Waals surface area contributed by atoms with Crippen LogP contribution in [0.1, 0.15) is 42.4 Å². The summed E-state index contributed by atoms with van der Waals surface area (Å²) in [6.07, 6.45) is 5.54. The zero-order valence-electron chi connectivity index (χ0n) is 13.3. The molecule has 116 valence electrons. The second kappa shape index (κ2) is 7.34. The first-order chi connectivity index (χ1) is 10.1. The van der Waals surface area contributed by atoms with Crippen molar-refractivity contribution in [1.29, 1.82) is 0 Å². The van der Waals surface area contributed by atoms with Crippen LogP contribution in [0.4, 0.5) is 4.79 Å². The molecule has 0 heterocycles. The van der Waals surface area contributed by atoms with E-state index in [0.29, 0.717) is 12.6 Å². The fourth-order valence-corrected chi connectivity index (χ4v) is 2.96. The van der Waals surface area contributed by atoms with Crippen molar-refractivity contribution in [1.82, 2.24) is 10.6 Å². The minimum absolute atomic E-state index is 0.0372. The van der Waals surface area contributed by atoms with E-state index in [-0.39, 0.29) is 6.03 Å². The predicted molar refractivity (Wildman–Crippen MR) is 85.0 cm³/mol. The summed E-state index contributed by atoms with van der Waals surface area (Å²) in [6, 6.07) is 4.54. The quantitative estimate of drug-likeness (QED) is 0.875. The van der Waals surface area contributed by atoms with Crippen LogP contribution in [0.3, 0.4) is 0 Å². The maximum absolute atomic E-state index is 11.8. The third-order valence-electron chi connectivity index (χ3n) is 4.22. The molecule has 0 atom stereocenters. The molecule has 0 aliphatic heterocycles. The number of hydrogen-bond acceptors (Lipinski definition) is 2. The SMILES string of the molecule is COc1cc(C)c(CCNC(=O)NC2CCCC2)cc1C. The van der Waals surface area contributed by atoms with E-state index in [2.05, 4.69) is 29.7 Å². The number of aryl methyl sites for hydroxylation is 2. The van der Waals surface area contributed by atoms with Crippen LogP contribution in [0.5, 0.6) is 5.75 Å². The Bertz CT molecular complexity index is 494. The Balaban J connectivity index is 1.80. The first-order valence-corrected chi connectivity index (χ1v) is 7.78. The molecule has 21 heavy (non-hydrogen) atoms. The molecule has 0 radical (unpaired) electrons. The Kier molecular flexibility index (Phi) is 5.48. The fourth-order valence-electron chi connectivity index (χ4n) is 2.96. The Hall–Kier alpha value is -1.71. The van der Waals surface area contributed by atoms with Gasteiger partial charge in [0.25, 0.3) is 0 Å². The van der Waals surface area contributed by atoms with Gasteiger partial charge in [-0.15, -0.1) is 0 Å². The van der Waals surface area contributed by atoms with Crippen molar-refractivity contribution >= 4 is 6.03 Å². The molecule has 1 aromatic rings. The van der Waals surface area contributed by atoms with Gasteiger partial charge in [-0.1, -0.05) is 18.9 Å². The van der Waals surface area contributed by atoms with Crippen molar-refractivity contribution in [2.75, 3.05) is 13.7 Å². The normalized spacial score (nSPS) is 15.0. The molecule has 2 N–H and O–H groups in total. The molecule has 0 bridgehead atoms. The van der Waals surface area contributed by atoms with Gasteiger partial charge in [-0.2, -0.15) is 0 Å². The largest absolute Gasteiger partial charge is 0.496 e. The number of ether oxygens (including phenoxy) is 1. The van der Waals surface area contributed by atoms with E-state index in [0.717, 1.165) is 30.6 Å². The zero-order valence-corrected chi connectivity index (χ0v) is 13.3. The van der Waals surface area contributed by atoms with E-state index in [4.69, 9.17) is 4.74 Å². The molecule has 4 heteroatoms. The number of rotatable bonds is 5. The van der Waals surface area contributed by atoms with Gasteiger partial charge in [-0.25, -0.2) is 4.79 Å². The topological polar surface area (TPSA) is 50.4 Å². The summed E-state index contributed by atoms with van der Waals surface area (Å²) in [5.41, 5.74) is 3.60. The lowest BCUT2D eigenvalue weighted by Gasteiger charge is -2.14. The van der Waals surface area contributed by atoms with Crippen LogP contribution in [-0.4, -0.2) is 25.7 Å². The maximum atomic E-state index is 11.8. The third kappa shape index (κ3) is 4.38. The average Bonchev–Trinajstić information content (AvgIpc) is 2.95. The molecule has 2 rings (SSSR count). The smallest absolute Gasteiger partial charge is 0.315 e. The van der Waals surface area contributed by atoms with Crippen molar-refractivity contribution < 1.29 is 9.53 Å². The fraction of sp³-hybridized carbons (Fsp3) is 0.588. The number of benzene rings is 1. The van der Waals surface area contributed by atoms with E-state index in [1.54, 1.807) is 7.11 Å². The van der Waals surface area contributed by atoms with Gasteiger partial charge in [-0.3, -0.25) is 0 Å². The van der Waals surface area contributed by atoms with Gasteiger partial charge >= 0.3 is 6.03 Å². The van der Waals surface area contributed by atoms with Crippen molar-refractivity contribution in [3.8, 4) is 5.75 Å². The van der Waals surface area contributed by atoms with Crippen molar-refractivity contribution in [2.45, 2.75) is 52.0 Å². The highest BCUT2D eigenvalue weighted by Crippen LogP contribution is 2.22. The van der Waals surface area contributed by atoms with Gasteiger partial charge in [0.1, 0.15) is 5.75 Å². The van der Waals surface area contributed by atoms with E-state index >= 15 is 0 Å². The monoisotopic (exact) mass is 290 g/mol. The molecule has 1 aromatic carbocycles. The average molecular weight is 290 g/mol. The summed E-state index contributed by atoms with van der Waals surface area (Å²) in [7, 11) is 1.69. The van der Waals surface area contributed by atoms with Crippen molar-refractivity contribution in [3.05, 3.63) is 28.8 Å². The minimum atomic E-state index is -0.0372. The molecule has 0 unspecified atom stereocenters. The number of methoxy groups -OCH3 is 1. The Morgan fingerprint density at radius 2 is 1.95 bits per heavy atom.